The summed E-state index contributed by atoms with van der Waals surface area (Å²) in [4.78, 5) is 13.6. The van der Waals surface area contributed by atoms with Gasteiger partial charge in [0.15, 0.2) is 0 Å². The Morgan fingerprint density at radius 2 is 2.17 bits per heavy atom. The van der Waals surface area contributed by atoms with Crippen molar-refractivity contribution in [1.82, 2.24) is 4.98 Å². The van der Waals surface area contributed by atoms with Crippen molar-refractivity contribution in [3.63, 3.8) is 0 Å². The van der Waals surface area contributed by atoms with E-state index in [1.165, 1.54) is 0 Å². The zero-order valence-electron chi connectivity index (χ0n) is 14.4. The standard InChI is InChI=1S/C15H16N2OS.C3H6O2/c1-10(2)8-18-14-5-4-12(6-13(14)7-16)15-17-11(3)9-19-15;1-2-5-3-4/h4-6,9-10H,8H2,1-3H3;3H,2H2,1H3. The van der Waals surface area contributed by atoms with Crippen LogP contribution in [0.15, 0.2) is 23.6 Å². The first-order valence-corrected chi connectivity index (χ1v) is 8.54. The number of nitriles is 1. The Hall–Kier alpha value is -2.39. The lowest BCUT2D eigenvalue weighted by Crippen LogP contribution is -2.05. The number of ether oxygens (including phenoxy) is 2. The number of carbonyl (C=O) groups is 1. The zero-order chi connectivity index (χ0) is 17.9. The molecule has 2 rings (SSSR count). The summed E-state index contributed by atoms with van der Waals surface area (Å²) < 4.78 is 9.80. The number of thiazole rings is 1. The highest BCUT2D eigenvalue weighted by molar-refractivity contribution is 7.13. The summed E-state index contributed by atoms with van der Waals surface area (Å²) in [6.07, 6.45) is 0. The van der Waals surface area contributed by atoms with Gasteiger partial charge in [0, 0.05) is 16.6 Å². The third-order valence-electron chi connectivity index (χ3n) is 2.77. The van der Waals surface area contributed by atoms with Gasteiger partial charge in [-0.3, -0.25) is 4.79 Å². The molecule has 24 heavy (non-hydrogen) atoms. The molecule has 0 radical (unpaired) electrons. The van der Waals surface area contributed by atoms with Crippen molar-refractivity contribution >= 4 is 17.8 Å². The summed E-state index contributed by atoms with van der Waals surface area (Å²) in [6.45, 7) is 9.41. The molecule has 6 heteroatoms. The topological polar surface area (TPSA) is 72.2 Å². The van der Waals surface area contributed by atoms with E-state index in [0.29, 0.717) is 36.9 Å². The first-order chi connectivity index (χ1) is 11.5. The Balaban J connectivity index is 0.000000505. The van der Waals surface area contributed by atoms with Crippen molar-refractivity contribution in [3.8, 4) is 22.4 Å². The van der Waals surface area contributed by atoms with Gasteiger partial charge in [-0.1, -0.05) is 13.8 Å². The highest BCUT2D eigenvalue weighted by Crippen LogP contribution is 2.28. The monoisotopic (exact) mass is 346 g/mol. The first kappa shape index (κ1) is 19.7. The lowest BCUT2D eigenvalue weighted by Gasteiger charge is -2.10. The molecule has 0 bridgehead atoms. The fourth-order valence-electron chi connectivity index (χ4n) is 1.69. The van der Waals surface area contributed by atoms with Crippen molar-refractivity contribution in [1.29, 1.82) is 5.26 Å². The molecule has 0 amide bonds. The number of aromatic nitrogens is 1. The van der Waals surface area contributed by atoms with Crippen molar-refractivity contribution < 1.29 is 14.3 Å². The average Bonchev–Trinajstić information content (AvgIpc) is 3.00. The summed E-state index contributed by atoms with van der Waals surface area (Å²) in [5.41, 5.74) is 2.52. The SMILES string of the molecule is CCOC=O.Cc1csc(-c2ccc(OCC(C)C)c(C#N)c2)n1. The molecule has 128 valence electrons. The van der Waals surface area contributed by atoms with Crippen LogP contribution in [0.2, 0.25) is 0 Å². The summed E-state index contributed by atoms with van der Waals surface area (Å²) in [6, 6.07) is 7.84. The molecule has 1 aromatic carbocycles. The summed E-state index contributed by atoms with van der Waals surface area (Å²) in [7, 11) is 0. The summed E-state index contributed by atoms with van der Waals surface area (Å²) in [5.74, 6) is 1.08. The van der Waals surface area contributed by atoms with Gasteiger partial charge in [-0.15, -0.1) is 11.3 Å². The molecule has 0 N–H and O–H groups in total. The van der Waals surface area contributed by atoms with E-state index < -0.39 is 0 Å². The maximum absolute atomic E-state index is 9.21. The van der Waals surface area contributed by atoms with Crippen molar-refractivity contribution in [2.75, 3.05) is 13.2 Å². The second-order valence-electron chi connectivity index (χ2n) is 5.37. The number of hydrogen-bond donors (Lipinski definition) is 0. The number of benzene rings is 1. The molecule has 2 aromatic rings. The smallest absolute Gasteiger partial charge is 0.293 e. The molecule has 0 atom stereocenters. The zero-order valence-corrected chi connectivity index (χ0v) is 15.2. The highest BCUT2D eigenvalue weighted by Gasteiger charge is 2.09. The predicted octanol–water partition coefficient (Wildman–Crippen LogP) is 4.20. The van der Waals surface area contributed by atoms with Crippen LogP contribution in [0.3, 0.4) is 0 Å². The van der Waals surface area contributed by atoms with Crippen molar-refractivity contribution in [2.24, 2.45) is 5.92 Å². The Bertz CT molecular complexity index is 690. The largest absolute Gasteiger partial charge is 0.492 e. The Labute approximate surface area is 146 Å². The molecule has 0 saturated heterocycles. The molecule has 0 aliphatic carbocycles. The second kappa shape index (κ2) is 10.4. The van der Waals surface area contributed by atoms with Gasteiger partial charge in [-0.25, -0.2) is 4.98 Å². The Kier molecular flexibility index (Phi) is 8.52. The average molecular weight is 346 g/mol. The number of nitrogens with zero attached hydrogens (tertiary/aromatic N) is 2. The fourth-order valence-corrected chi connectivity index (χ4v) is 2.48. The van der Waals surface area contributed by atoms with Crippen molar-refractivity contribution in [3.05, 3.63) is 34.8 Å². The maximum atomic E-state index is 9.21. The normalized spacial score (nSPS) is 9.67. The van der Waals surface area contributed by atoms with Crippen LogP contribution in [0.1, 0.15) is 32.0 Å². The summed E-state index contributed by atoms with van der Waals surface area (Å²) in [5, 5.41) is 12.2. The number of aryl methyl sites for hydroxylation is 1. The van der Waals surface area contributed by atoms with E-state index in [2.05, 4.69) is 29.6 Å². The maximum Gasteiger partial charge on any atom is 0.293 e. The number of rotatable bonds is 6. The van der Waals surface area contributed by atoms with Crippen LogP contribution in [-0.4, -0.2) is 24.7 Å². The molecule has 0 aliphatic rings. The molecular weight excluding hydrogens is 324 g/mol. The van der Waals surface area contributed by atoms with Gasteiger partial charge >= 0.3 is 0 Å². The van der Waals surface area contributed by atoms with Gasteiger partial charge in [0.25, 0.3) is 6.47 Å². The van der Waals surface area contributed by atoms with E-state index in [1.54, 1.807) is 18.3 Å². The molecule has 0 saturated carbocycles. The van der Waals surface area contributed by atoms with Crippen LogP contribution in [-0.2, 0) is 9.53 Å². The number of carbonyl (C=O) groups excluding carboxylic acids is 1. The molecular formula is C18H22N2O3S. The fraction of sp³-hybridized carbons (Fsp3) is 0.389. The van der Waals surface area contributed by atoms with Gasteiger partial charge in [0.05, 0.1) is 18.8 Å². The highest BCUT2D eigenvalue weighted by atomic mass is 32.1. The van der Waals surface area contributed by atoms with Crippen LogP contribution in [0.4, 0.5) is 0 Å². The van der Waals surface area contributed by atoms with E-state index >= 15 is 0 Å². The molecule has 0 spiro atoms. The van der Waals surface area contributed by atoms with E-state index in [0.717, 1.165) is 16.3 Å². The van der Waals surface area contributed by atoms with Gasteiger partial charge in [0.1, 0.15) is 16.8 Å². The van der Waals surface area contributed by atoms with Crippen LogP contribution >= 0.6 is 11.3 Å². The molecule has 0 unspecified atom stereocenters. The van der Waals surface area contributed by atoms with Crippen LogP contribution < -0.4 is 4.74 Å². The van der Waals surface area contributed by atoms with Gasteiger partial charge in [-0.05, 0) is 38.0 Å². The quantitative estimate of drug-likeness (QED) is 0.733. The van der Waals surface area contributed by atoms with Crippen LogP contribution in [0.5, 0.6) is 5.75 Å². The molecule has 0 aliphatic heterocycles. The van der Waals surface area contributed by atoms with E-state index in [9.17, 15) is 10.1 Å². The predicted molar refractivity (Wildman–Crippen MR) is 95.0 cm³/mol. The van der Waals surface area contributed by atoms with Crippen LogP contribution in [0.25, 0.3) is 10.6 Å². The van der Waals surface area contributed by atoms with Gasteiger partial charge in [0.2, 0.25) is 0 Å². The van der Waals surface area contributed by atoms with Crippen molar-refractivity contribution in [2.45, 2.75) is 27.7 Å². The van der Waals surface area contributed by atoms with Gasteiger partial charge in [-0.2, -0.15) is 5.26 Å². The third kappa shape index (κ3) is 6.39. The van der Waals surface area contributed by atoms with E-state index in [1.807, 2.05) is 30.5 Å². The number of hydrogen-bond acceptors (Lipinski definition) is 6. The minimum absolute atomic E-state index is 0.431. The van der Waals surface area contributed by atoms with Gasteiger partial charge < -0.3 is 9.47 Å². The van der Waals surface area contributed by atoms with E-state index in [4.69, 9.17) is 4.74 Å². The second-order valence-corrected chi connectivity index (χ2v) is 6.23. The lowest BCUT2D eigenvalue weighted by molar-refractivity contribution is -0.128. The lowest BCUT2D eigenvalue weighted by atomic mass is 10.1. The minimum atomic E-state index is 0.431. The Morgan fingerprint density at radius 3 is 2.62 bits per heavy atom. The molecule has 1 aromatic heterocycles. The minimum Gasteiger partial charge on any atom is -0.492 e. The van der Waals surface area contributed by atoms with E-state index in [-0.39, 0.29) is 0 Å². The summed E-state index contributed by atoms with van der Waals surface area (Å²) >= 11 is 1.58. The third-order valence-corrected chi connectivity index (χ3v) is 3.78. The molecule has 0 fully saturated rings. The van der Waals surface area contributed by atoms with Crippen LogP contribution in [0, 0.1) is 24.2 Å². The molecule has 1 heterocycles. The first-order valence-electron chi connectivity index (χ1n) is 7.66. The molecule has 5 nitrogen and oxygen atoms in total. The Morgan fingerprint density at radius 1 is 1.42 bits per heavy atom.